The first-order valence-electron chi connectivity index (χ1n) is 7.72. The number of anilines is 2. The normalized spacial score (nSPS) is 18.3. The van der Waals surface area contributed by atoms with Gasteiger partial charge in [-0.05, 0) is 38.0 Å². The van der Waals surface area contributed by atoms with Crippen LogP contribution in [0.1, 0.15) is 46.5 Å². The summed E-state index contributed by atoms with van der Waals surface area (Å²) >= 11 is 0. The van der Waals surface area contributed by atoms with Gasteiger partial charge < -0.3 is 15.0 Å². The van der Waals surface area contributed by atoms with Gasteiger partial charge in [-0.3, -0.25) is 0 Å². The van der Waals surface area contributed by atoms with Crippen molar-refractivity contribution in [3.8, 4) is 6.01 Å². The second kappa shape index (κ2) is 6.45. The lowest BCUT2D eigenvalue weighted by Crippen LogP contribution is -2.38. The summed E-state index contributed by atoms with van der Waals surface area (Å²) in [7, 11) is 3.64. The molecule has 0 bridgehead atoms. The number of hydrogen-bond donors (Lipinski definition) is 1. The minimum Gasteiger partial charge on any atom is -0.467 e. The predicted octanol–water partition coefficient (Wildman–Crippen LogP) is 2.72. The molecule has 2 rings (SSSR count). The summed E-state index contributed by atoms with van der Waals surface area (Å²) in [6.07, 6.45) is 4.83. The Morgan fingerprint density at radius 1 is 1.24 bits per heavy atom. The van der Waals surface area contributed by atoms with E-state index >= 15 is 0 Å². The standard InChI is InChI=1S/C15H27N5O/c1-6-16-12-17-13(19-14(18-12)21-5)20(4)11-7-9-15(2,3)10-8-11/h11H,6-10H2,1-5H3,(H,16,17,18,19). The van der Waals surface area contributed by atoms with E-state index in [1.807, 2.05) is 6.92 Å². The summed E-state index contributed by atoms with van der Waals surface area (Å²) in [5.74, 6) is 1.25. The predicted molar refractivity (Wildman–Crippen MR) is 85.0 cm³/mol. The van der Waals surface area contributed by atoms with Crippen LogP contribution in [0.2, 0.25) is 0 Å². The molecular weight excluding hydrogens is 266 g/mol. The molecule has 1 aliphatic carbocycles. The molecule has 1 heterocycles. The molecule has 21 heavy (non-hydrogen) atoms. The first-order chi connectivity index (χ1) is 9.95. The van der Waals surface area contributed by atoms with Crippen LogP contribution in [0.25, 0.3) is 0 Å². The second-order valence-electron chi connectivity index (χ2n) is 6.48. The molecule has 118 valence electrons. The number of rotatable bonds is 5. The Balaban J connectivity index is 2.14. The molecule has 1 aromatic rings. The average Bonchev–Trinajstić information content (AvgIpc) is 2.46. The topological polar surface area (TPSA) is 63.2 Å². The molecule has 0 saturated heterocycles. The average molecular weight is 293 g/mol. The highest BCUT2D eigenvalue weighted by Gasteiger charge is 2.30. The van der Waals surface area contributed by atoms with Crippen LogP contribution < -0.4 is 15.0 Å². The van der Waals surface area contributed by atoms with Gasteiger partial charge in [-0.25, -0.2) is 0 Å². The molecular formula is C15H27N5O. The molecule has 1 aromatic heterocycles. The summed E-state index contributed by atoms with van der Waals surface area (Å²) in [4.78, 5) is 15.3. The van der Waals surface area contributed by atoms with Gasteiger partial charge in [-0.15, -0.1) is 0 Å². The number of nitrogens with one attached hydrogen (secondary N) is 1. The van der Waals surface area contributed by atoms with Gasteiger partial charge in [0.25, 0.3) is 0 Å². The molecule has 0 aromatic carbocycles. The van der Waals surface area contributed by atoms with Gasteiger partial charge >= 0.3 is 6.01 Å². The Hall–Kier alpha value is -1.59. The van der Waals surface area contributed by atoms with Crippen molar-refractivity contribution in [2.45, 2.75) is 52.5 Å². The van der Waals surface area contributed by atoms with Gasteiger partial charge in [-0.2, -0.15) is 15.0 Å². The van der Waals surface area contributed by atoms with Gasteiger partial charge in [0.05, 0.1) is 7.11 Å². The highest BCUT2D eigenvalue weighted by Crippen LogP contribution is 2.37. The van der Waals surface area contributed by atoms with E-state index in [1.54, 1.807) is 7.11 Å². The molecule has 0 unspecified atom stereocenters. The molecule has 6 heteroatoms. The minimum absolute atomic E-state index is 0.360. The van der Waals surface area contributed by atoms with Crippen LogP contribution in [0, 0.1) is 5.41 Å². The van der Waals surface area contributed by atoms with Crippen molar-refractivity contribution in [1.82, 2.24) is 15.0 Å². The fraction of sp³-hybridized carbons (Fsp3) is 0.800. The van der Waals surface area contributed by atoms with Gasteiger partial charge in [0.2, 0.25) is 11.9 Å². The molecule has 0 atom stereocenters. The summed E-state index contributed by atoms with van der Waals surface area (Å²) < 4.78 is 5.18. The summed E-state index contributed by atoms with van der Waals surface area (Å²) in [6, 6.07) is 0.846. The number of aromatic nitrogens is 3. The fourth-order valence-corrected chi connectivity index (χ4v) is 2.77. The van der Waals surface area contributed by atoms with E-state index in [0.717, 1.165) is 6.54 Å². The highest BCUT2D eigenvalue weighted by molar-refractivity contribution is 5.38. The third-order valence-electron chi connectivity index (χ3n) is 4.29. The van der Waals surface area contributed by atoms with Gasteiger partial charge in [0.15, 0.2) is 0 Å². The lowest BCUT2D eigenvalue weighted by molar-refractivity contribution is 0.221. The Kier molecular flexibility index (Phi) is 4.85. The fourth-order valence-electron chi connectivity index (χ4n) is 2.77. The van der Waals surface area contributed by atoms with E-state index in [2.05, 4.69) is 46.1 Å². The van der Waals surface area contributed by atoms with Crippen LogP contribution in [0.3, 0.4) is 0 Å². The van der Waals surface area contributed by atoms with Crippen molar-refractivity contribution in [3.63, 3.8) is 0 Å². The Bertz CT molecular complexity index is 467. The SMILES string of the molecule is CCNc1nc(OC)nc(N(C)C2CCC(C)(C)CC2)n1. The van der Waals surface area contributed by atoms with E-state index in [4.69, 9.17) is 4.74 Å². The zero-order valence-electron chi connectivity index (χ0n) is 13.8. The van der Waals surface area contributed by atoms with Crippen molar-refractivity contribution < 1.29 is 4.74 Å². The van der Waals surface area contributed by atoms with E-state index in [9.17, 15) is 0 Å². The van der Waals surface area contributed by atoms with Crippen molar-refractivity contribution in [1.29, 1.82) is 0 Å². The molecule has 0 aliphatic heterocycles. The van der Waals surface area contributed by atoms with Crippen molar-refractivity contribution >= 4 is 11.9 Å². The largest absolute Gasteiger partial charge is 0.467 e. The van der Waals surface area contributed by atoms with E-state index in [0.29, 0.717) is 29.4 Å². The maximum atomic E-state index is 5.18. The van der Waals surface area contributed by atoms with Gasteiger partial charge in [0.1, 0.15) is 0 Å². The first-order valence-corrected chi connectivity index (χ1v) is 7.72. The number of methoxy groups -OCH3 is 1. The lowest BCUT2D eigenvalue weighted by atomic mass is 9.75. The Labute approximate surface area is 127 Å². The van der Waals surface area contributed by atoms with Crippen molar-refractivity contribution in [3.05, 3.63) is 0 Å². The van der Waals surface area contributed by atoms with Crippen LogP contribution in [-0.4, -0.2) is 41.7 Å². The molecule has 1 aliphatic rings. The quantitative estimate of drug-likeness (QED) is 0.900. The molecule has 1 N–H and O–H groups in total. The van der Waals surface area contributed by atoms with Crippen LogP contribution in [0.4, 0.5) is 11.9 Å². The smallest absolute Gasteiger partial charge is 0.322 e. The Morgan fingerprint density at radius 2 is 1.90 bits per heavy atom. The molecule has 1 saturated carbocycles. The number of ether oxygens (including phenoxy) is 1. The zero-order chi connectivity index (χ0) is 15.5. The van der Waals surface area contributed by atoms with E-state index in [-0.39, 0.29) is 0 Å². The van der Waals surface area contributed by atoms with Crippen LogP contribution in [0.15, 0.2) is 0 Å². The summed E-state index contributed by atoms with van der Waals surface area (Å²) in [5.41, 5.74) is 0.461. The van der Waals surface area contributed by atoms with Crippen LogP contribution in [0.5, 0.6) is 6.01 Å². The molecule has 1 fully saturated rings. The lowest BCUT2D eigenvalue weighted by Gasteiger charge is -2.38. The van der Waals surface area contributed by atoms with Crippen LogP contribution in [-0.2, 0) is 0 Å². The van der Waals surface area contributed by atoms with E-state index in [1.165, 1.54) is 25.7 Å². The summed E-state index contributed by atoms with van der Waals surface area (Å²) in [5, 5.41) is 3.12. The molecule has 6 nitrogen and oxygen atoms in total. The molecule has 0 spiro atoms. The Morgan fingerprint density at radius 3 is 2.48 bits per heavy atom. The maximum absolute atomic E-state index is 5.18. The monoisotopic (exact) mass is 293 g/mol. The van der Waals surface area contributed by atoms with Crippen LogP contribution >= 0.6 is 0 Å². The second-order valence-corrected chi connectivity index (χ2v) is 6.48. The van der Waals surface area contributed by atoms with Crippen molar-refractivity contribution in [2.75, 3.05) is 30.9 Å². The maximum Gasteiger partial charge on any atom is 0.322 e. The molecule has 0 amide bonds. The van der Waals surface area contributed by atoms with Gasteiger partial charge in [-0.1, -0.05) is 13.8 Å². The van der Waals surface area contributed by atoms with E-state index < -0.39 is 0 Å². The zero-order valence-corrected chi connectivity index (χ0v) is 13.8. The van der Waals surface area contributed by atoms with Gasteiger partial charge in [0, 0.05) is 19.6 Å². The number of hydrogen-bond acceptors (Lipinski definition) is 6. The molecule has 0 radical (unpaired) electrons. The number of nitrogens with zero attached hydrogens (tertiary/aromatic N) is 4. The minimum atomic E-state index is 0.360. The highest BCUT2D eigenvalue weighted by atomic mass is 16.5. The first kappa shape index (κ1) is 15.8. The third-order valence-corrected chi connectivity index (χ3v) is 4.29. The van der Waals surface area contributed by atoms with Crippen molar-refractivity contribution in [2.24, 2.45) is 5.41 Å². The summed E-state index contributed by atoms with van der Waals surface area (Å²) in [6.45, 7) is 7.48. The third kappa shape index (κ3) is 3.95.